The molecule has 4 rings (SSSR count). The number of carbonyl (C=O) groups is 5. The summed E-state index contributed by atoms with van der Waals surface area (Å²) in [5.74, 6) is -1.61. The van der Waals surface area contributed by atoms with Crippen LogP contribution in [0.2, 0.25) is 0 Å². The lowest BCUT2D eigenvalue weighted by Gasteiger charge is -2.29. The minimum atomic E-state index is -0.659. The van der Waals surface area contributed by atoms with Gasteiger partial charge < -0.3 is 10.2 Å². The van der Waals surface area contributed by atoms with Crippen molar-refractivity contribution in [1.82, 2.24) is 21.0 Å². The fourth-order valence-corrected chi connectivity index (χ4v) is 4.52. The van der Waals surface area contributed by atoms with Crippen molar-refractivity contribution in [2.24, 2.45) is 0 Å². The van der Waals surface area contributed by atoms with Gasteiger partial charge in [0.25, 0.3) is 11.8 Å². The molecule has 10 nitrogen and oxygen atoms in total. The van der Waals surface area contributed by atoms with Crippen LogP contribution in [0.15, 0.2) is 42.5 Å². The summed E-state index contributed by atoms with van der Waals surface area (Å²) in [6.45, 7) is 0.571. The van der Waals surface area contributed by atoms with Gasteiger partial charge in [-0.05, 0) is 60.6 Å². The first-order valence-corrected chi connectivity index (χ1v) is 11.9. The molecule has 188 valence electrons. The Morgan fingerprint density at radius 1 is 1.03 bits per heavy atom. The van der Waals surface area contributed by atoms with Gasteiger partial charge >= 0.3 is 0 Å². The summed E-state index contributed by atoms with van der Waals surface area (Å²) in [7, 11) is 0. The number of hydrogen-bond acceptors (Lipinski definition) is 6. The highest BCUT2D eigenvalue weighted by Crippen LogP contribution is 2.28. The van der Waals surface area contributed by atoms with Gasteiger partial charge in [0.1, 0.15) is 6.04 Å². The fraction of sp³-hybridized carbons (Fsp3) is 0.346. The molecule has 0 bridgehead atoms. The second-order valence-electron chi connectivity index (χ2n) is 9.01. The quantitative estimate of drug-likeness (QED) is 0.181. The SMILES string of the molecule is O=C(CCCCc1ccc(C(=O)NCc2ccc3c(c2)CN(C2CCC(=O)NC2=O)C3=O)cc1)NO. The topological polar surface area (TPSA) is 145 Å². The predicted octanol–water partition coefficient (Wildman–Crippen LogP) is 1.60. The van der Waals surface area contributed by atoms with E-state index in [0.29, 0.717) is 24.0 Å². The van der Waals surface area contributed by atoms with Gasteiger partial charge in [-0.15, -0.1) is 0 Å². The molecule has 0 saturated carbocycles. The van der Waals surface area contributed by atoms with Crippen molar-refractivity contribution in [2.45, 2.75) is 57.7 Å². The number of imide groups is 1. The van der Waals surface area contributed by atoms with Crippen LogP contribution in [0.1, 0.15) is 69.5 Å². The number of hydrogen-bond donors (Lipinski definition) is 4. The second-order valence-corrected chi connectivity index (χ2v) is 9.01. The zero-order valence-electron chi connectivity index (χ0n) is 19.7. The summed E-state index contributed by atoms with van der Waals surface area (Å²) >= 11 is 0. The van der Waals surface area contributed by atoms with Crippen molar-refractivity contribution in [2.75, 3.05) is 0 Å². The number of rotatable bonds is 9. The van der Waals surface area contributed by atoms with Crippen molar-refractivity contribution in [3.63, 3.8) is 0 Å². The predicted molar refractivity (Wildman–Crippen MR) is 128 cm³/mol. The molecule has 2 aliphatic heterocycles. The number of fused-ring (bicyclic) bond motifs is 1. The van der Waals surface area contributed by atoms with Crippen LogP contribution in [0.4, 0.5) is 0 Å². The minimum Gasteiger partial charge on any atom is -0.348 e. The molecule has 1 atom stereocenters. The van der Waals surface area contributed by atoms with Crippen molar-refractivity contribution in [3.8, 4) is 0 Å². The third-order valence-corrected chi connectivity index (χ3v) is 6.50. The lowest BCUT2D eigenvalue weighted by molar-refractivity contribution is -0.137. The monoisotopic (exact) mass is 492 g/mol. The summed E-state index contributed by atoms with van der Waals surface area (Å²) in [5, 5.41) is 13.7. The highest BCUT2D eigenvalue weighted by atomic mass is 16.5. The van der Waals surface area contributed by atoms with Gasteiger partial charge in [0.15, 0.2) is 0 Å². The van der Waals surface area contributed by atoms with Gasteiger partial charge in [-0.3, -0.25) is 34.5 Å². The first-order chi connectivity index (χ1) is 17.4. The maximum atomic E-state index is 12.8. The maximum absolute atomic E-state index is 12.8. The maximum Gasteiger partial charge on any atom is 0.255 e. The highest BCUT2D eigenvalue weighted by Gasteiger charge is 2.39. The molecule has 2 aromatic carbocycles. The van der Waals surface area contributed by atoms with Gasteiger partial charge in [0, 0.05) is 37.1 Å². The van der Waals surface area contributed by atoms with Crippen LogP contribution >= 0.6 is 0 Å². The van der Waals surface area contributed by atoms with Crippen molar-refractivity contribution in [3.05, 3.63) is 70.3 Å². The summed E-state index contributed by atoms with van der Waals surface area (Å²) in [6.07, 6.45) is 3.01. The van der Waals surface area contributed by atoms with E-state index in [1.807, 2.05) is 18.2 Å². The van der Waals surface area contributed by atoms with E-state index in [4.69, 9.17) is 5.21 Å². The number of aryl methyl sites for hydroxylation is 1. The van der Waals surface area contributed by atoms with E-state index >= 15 is 0 Å². The number of hydroxylamine groups is 1. The highest BCUT2D eigenvalue weighted by molar-refractivity contribution is 6.05. The van der Waals surface area contributed by atoms with Gasteiger partial charge in [-0.2, -0.15) is 0 Å². The van der Waals surface area contributed by atoms with Crippen molar-refractivity contribution >= 4 is 29.5 Å². The lowest BCUT2D eigenvalue weighted by atomic mass is 10.0. The molecule has 36 heavy (non-hydrogen) atoms. The third-order valence-electron chi connectivity index (χ3n) is 6.50. The Bertz CT molecular complexity index is 1190. The normalized spacial score (nSPS) is 17.0. The van der Waals surface area contributed by atoms with Crippen LogP contribution < -0.4 is 16.1 Å². The van der Waals surface area contributed by atoms with E-state index in [-0.39, 0.29) is 43.7 Å². The zero-order chi connectivity index (χ0) is 25.7. The van der Waals surface area contributed by atoms with Gasteiger partial charge in [-0.1, -0.05) is 24.3 Å². The lowest BCUT2D eigenvalue weighted by Crippen LogP contribution is -2.52. The Labute approximate surface area is 208 Å². The van der Waals surface area contributed by atoms with Crippen LogP contribution in [-0.2, 0) is 33.9 Å². The Morgan fingerprint density at radius 2 is 1.78 bits per heavy atom. The Hall–Kier alpha value is -4.05. The standard InChI is InChI=1S/C26H28N4O6/c31-22-12-11-21(25(34)28-22)30-15-19-13-17(7-10-20(19)26(30)35)14-27-24(33)18-8-5-16(6-9-18)3-1-2-4-23(32)29-36/h5-10,13,21,36H,1-4,11-12,14-15H2,(H,27,33)(H,29,32)(H,28,31,34). The Kier molecular flexibility index (Phi) is 7.74. The largest absolute Gasteiger partial charge is 0.348 e. The van der Waals surface area contributed by atoms with E-state index in [9.17, 15) is 24.0 Å². The van der Waals surface area contributed by atoms with E-state index < -0.39 is 17.9 Å². The molecule has 10 heteroatoms. The number of amides is 5. The molecule has 0 aromatic heterocycles. The number of carbonyl (C=O) groups excluding carboxylic acids is 5. The molecule has 0 aliphatic carbocycles. The fourth-order valence-electron chi connectivity index (χ4n) is 4.52. The Morgan fingerprint density at radius 3 is 2.50 bits per heavy atom. The number of unbranched alkanes of at least 4 members (excludes halogenated alkanes) is 1. The molecule has 2 heterocycles. The Balaban J connectivity index is 1.29. The molecule has 2 aromatic rings. The molecule has 2 aliphatic rings. The van der Waals surface area contributed by atoms with E-state index in [2.05, 4.69) is 10.6 Å². The van der Waals surface area contributed by atoms with Crippen LogP contribution in [0.3, 0.4) is 0 Å². The molecular weight excluding hydrogens is 464 g/mol. The van der Waals surface area contributed by atoms with Gasteiger partial charge in [-0.25, -0.2) is 5.48 Å². The van der Waals surface area contributed by atoms with Crippen LogP contribution in [0.25, 0.3) is 0 Å². The smallest absolute Gasteiger partial charge is 0.255 e. The number of nitrogens with zero attached hydrogens (tertiary/aromatic N) is 1. The van der Waals surface area contributed by atoms with Crippen LogP contribution in [-0.4, -0.2) is 45.7 Å². The summed E-state index contributed by atoms with van der Waals surface area (Å²) in [5.41, 5.74) is 5.35. The summed E-state index contributed by atoms with van der Waals surface area (Å²) in [6, 6.07) is 12.0. The minimum absolute atomic E-state index is 0.206. The van der Waals surface area contributed by atoms with E-state index in [0.717, 1.165) is 29.5 Å². The van der Waals surface area contributed by atoms with E-state index in [1.54, 1.807) is 29.7 Å². The average Bonchev–Trinajstić information content (AvgIpc) is 3.20. The second kappa shape index (κ2) is 11.1. The molecule has 0 spiro atoms. The van der Waals surface area contributed by atoms with E-state index in [1.165, 1.54) is 4.90 Å². The first-order valence-electron chi connectivity index (χ1n) is 11.9. The molecule has 1 fully saturated rings. The summed E-state index contributed by atoms with van der Waals surface area (Å²) in [4.78, 5) is 61.5. The number of nitrogens with one attached hydrogen (secondary N) is 3. The van der Waals surface area contributed by atoms with Crippen molar-refractivity contribution in [1.29, 1.82) is 0 Å². The average molecular weight is 493 g/mol. The first kappa shape index (κ1) is 25.1. The molecule has 4 N–H and O–H groups in total. The number of benzene rings is 2. The molecule has 5 amide bonds. The molecule has 1 unspecified atom stereocenters. The summed E-state index contributed by atoms with van der Waals surface area (Å²) < 4.78 is 0. The van der Waals surface area contributed by atoms with Crippen LogP contribution in [0, 0.1) is 0 Å². The molecule has 0 radical (unpaired) electrons. The molecular formula is C26H28N4O6. The van der Waals surface area contributed by atoms with Crippen molar-refractivity contribution < 1.29 is 29.2 Å². The van der Waals surface area contributed by atoms with Crippen LogP contribution in [0.5, 0.6) is 0 Å². The zero-order valence-corrected chi connectivity index (χ0v) is 19.7. The van der Waals surface area contributed by atoms with Gasteiger partial charge in [0.2, 0.25) is 17.7 Å². The molecule has 1 saturated heterocycles. The number of piperidine rings is 1. The van der Waals surface area contributed by atoms with Gasteiger partial charge in [0.05, 0.1) is 0 Å². The third kappa shape index (κ3) is 5.77.